The number of sulfonamides is 1. The van der Waals surface area contributed by atoms with Crippen molar-refractivity contribution in [1.82, 2.24) is 5.32 Å². The van der Waals surface area contributed by atoms with E-state index in [9.17, 15) is 21.6 Å². The van der Waals surface area contributed by atoms with Gasteiger partial charge in [-0.2, -0.15) is 0 Å². The van der Waals surface area contributed by atoms with E-state index in [1.54, 1.807) is 6.07 Å². The molecule has 0 aromatic heterocycles. The van der Waals surface area contributed by atoms with Gasteiger partial charge in [0.05, 0.1) is 4.90 Å². The maximum Gasteiger partial charge on any atom is 0.238 e. The summed E-state index contributed by atoms with van der Waals surface area (Å²) in [6.07, 6.45) is 0.971. The standard InChI is InChI=1S/C11H16N2O5S2/c1-8(19(2,15)16)11(14)13-7-9-4-3-5-10(6-9)20(12,17)18/h3-6,8H,7H2,1-2H3,(H,13,14)(H2,12,17,18). The molecule has 0 bridgehead atoms. The molecule has 1 aromatic carbocycles. The van der Waals surface area contributed by atoms with Gasteiger partial charge >= 0.3 is 0 Å². The lowest BCUT2D eigenvalue weighted by Gasteiger charge is -2.10. The van der Waals surface area contributed by atoms with Gasteiger partial charge in [0, 0.05) is 12.8 Å². The zero-order valence-electron chi connectivity index (χ0n) is 11.0. The van der Waals surface area contributed by atoms with E-state index < -0.39 is 31.0 Å². The third-order valence-corrected chi connectivity index (χ3v) is 5.11. The number of nitrogens with one attached hydrogen (secondary N) is 1. The Balaban J connectivity index is 2.79. The van der Waals surface area contributed by atoms with Gasteiger partial charge in [-0.3, -0.25) is 4.79 Å². The first kappa shape index (κ1) is 16.6. The number of amides is 1. The van der Waals surface area contributed by atoms with Crippen molar-refractivity contribution in [3.05, 3.63) is 29.8 Å². The van der Waals surface area contributed by atoms with Gasteiger partial charge in [-0.25, -0.2) is 22.0 Å². The van der Waals surface area contributed by atoms with Gasteiger partial charge in [0.2, 0.25) is 15.9 Å². The van der Waals surface area contributed by atoms with Crippen molar-refractivity contribution in [3.63, 3.8) is 0 Å². The summed E-state index contributed by atoms with van der Waals surface area (Å²) in [4.78, 5) is 11.5. The van der Waals surface area contributed by atoms with Crippen LogP contribution in [0.4, 0.5) is 0 Å². The fourth-order valence-corrected chi connectivity index (χ4v) is 2.42. The average Bonchev–Trinajstić information content (AvgIpc) is 2.33. The van der Waals surface area contributed by atoms with Crippen LogP contribution in [0.15, 0.2) is 29.2 Å². The van der Waals surface area contributed by atoms with Crippen molar-refractivity contribution in [3.8, 4) is 0 Å². The number of carbonyl (C=O) groups is 1. The van der Waals surface area contributed by atoms with E-state index in [1.807, 2.05) is 0 Å². The maximum atomic E-state index is 11.6. The molecule has 112 valence electrons. The molecule has 1 amide bonds. The highest BCUT2D eigenvalue weighted by molar-refractivity contribution is 7.92. The minimum absolute atomic E-state index is 0.0159. The Hall–Kier alpha value is -1.45. The third kappa shape index (κ3) is 4.58. The highest BCUT2D eigenvalue weighted by Crippen LogP contribution is 2.09. The summed E-state index contributed by atoms with van der Waals surface area (Å²) in [7, 11) is -7.28. The second kappa shape index (κ2) is 5.90. The first-order chi connectivity index (χ1) is 9.01. The molecule has 7 nitrogen and oxygen atoms in total. The molecule has 3 N–H and O–H groups in total. The molecule has 1 rings (SSSR count). The van der Waals surface area contributed by atoms with E-state index in [1.165, 1.54) is 25.1 Å². The Morgan fingerprint density at radius 3 is 2.40 bits per heavy atom. The van der Waals surface area contributed by atoms with E-state index in [0.717, 1.165) is 6.26 Å². The van der Waals surface area contributed by atoms with Crippen LogP contribution in [0.1, 0.15) is 12.5 Å². The van der Waals surface area contributed by atoms with Gasteiger partial charge in [0.1, 0.15) is 5.25 Å². The minimum atomic E-state index is -3.81. The number of hydrogen-bond donors (Lipinski definition) is 2. The maximum absolute atomic E-state index is 11.6. The van der Waals surface area contributed by atoms with Crippen LogP contribution in [-0.4, -0.2) is 34.2 Å². The summed E-state index contributed by atoms with van der Waals surface area (Å²) in [5.74, 6) is -0.645. The van der Waals surface area contributed by atoms with Gasteiger partial charge in [-0.05, 0) is 24.6 Å². The summed E-state index contributed by atoms with van der Waals surface area (Å²) in [6.45, 7) is 1.30. The van der Waals surface area contributed by atoms with Crippen LogP contribution in [0.3, 0.4) is 0 Å². The topological polar surface area (TPSA) is 123 Å². The fraction of sp³-hybridized carbons (Fsp3) is 0.364. The molecule has 20 heavy (non-hydrogen) atoms. The predicted molar refractivity (Wildman–Crippen MR) is 74.0 cm³/mol. The molecule has 0 saturated carbocycles. The summed E-state index contributed by atoms with van der Waals surface area (Å²) in [5.41, 5.74) is 0.505. The molecule has 1 atom stereocenters. The zero-order chi connectivity index (χ0) is 15.6. The molecule has 0 spiro atoms. The number of rotatable bonds is 5. The first-order valence-corrected chi connectivity index (χ1v) is 9.10. The second-order valence-electron chi connectivity index (χ2n) is 4.38. The Kier molecular flexibility index (Phi) is 4.90. The van der Waals surface area contributed by atoms with E-state index in [4.69, 9.17) is 5.14 Å². The normalized spacial score (nSPS) is 13.8. The van der Waals surface area contributed by atoms with Gasteiger partial charge in [-0.15, -0.1) is 0 Å². The van der Waals surface area contributed by atoms with Crippen LogP contribution in [-0.2, 0) is 31.2 Å². The molecule has 0 radical (unpaired) electrons. The van der Waals surface area contributed by atoms with Gasteiger partial charge in [0.25, 0.3) is 0 Å². The van der Waals surface area contributed by atoms with Crippen molar-refractivity contribution >= 4 is 25.8 Å². The van der Waals surface area contributed by atoms with Gasteiger partial charge in [-0.1, -0.05) is 12.1 Å². The molecule has 9 heteroatoms. The number of sulfone groups is 1. The number of hydrogen-bond acceptors (Lipinski definition) is 5. The highest BCUT2D eigenvalue weighted by Gasteiger charge is 2.23. The number of nitrogens with two attached hydrogens (primary N) is 1. The molecule has 0 aliphatic heterocycles. The number of benzene rings is 1. The van der Waals surface area contributed by atoms with Crippen LogP contribution in [0.2, 0.25) is 0 Å². The van der Waals surface area contributed by atoms with E-state index in [0.29, 0.717) is 5.56 Å². The number of carbonyl (C=O) groups excluding carboxylic acids is 1. The average molecular weight is 320 g/mol. The van der Waals surface area contributed by atoms with Crippen molar-refractivity contribution in [2.24, 2.45) is 5.14 Å². The molecule has 1 unspecified atom stereocenters. The van der Waals surface area contributed by atoms with Crippen molar-refractivity contribution in [1.29, 1.82) is 0 Å². The smallest absolute Gasteiger partial charge is 0.238 e. The van der Waals surface area contributed by atoms with Crippen LogP contribution in [0, 0.1) is 0 Å². The van der Waals surface area contributed by atoms with Gasteiger partial charge < -0.3 is 5.32 Å². The van der Waals surface area contributed by atoms with Crippen molar-refractivity contribution in [2.45, 2.75) is 23.6 Å². The lowest BCUT2D eigenvalue weighted by molar-refractivity contribution is -0.120. The molecule has 1 aromatic rings. The fourth-order valence-electron chi connectivity index (χ4n) is 1.36. The van der Waals surface area contributed by atoms with Crippen molar-refractivity contribution in [2.75, 3.05) is 6.26 Å². The number of primary sulfonamides is 1. The van der Waals surface area contributed by atoms with Crippen LogP contribution < -0.4 is 10.5 Å². The zero-order valence-corrected chi connectivity index (χ0v) is 12.7. The lowest BCUT2D eigenvalue weighted by Crippen LogP contribution is -2.37. The lowest BCUT2D eigenvalue weighted by atomic mass is 10.2. The van der Waals surface area contributed by atoms with E-state index in [2.05, 4.69) is 5.32 Å². The molecule has 0 saturated heterocycles. The van der Waals surface area contributed by atoms with Crippen molar-refractivity contribution < 1.29 is 21.6 Å². The van der Waals surface area contributed by atoms with Crippen LogP contribution in [0.5, 0.6) is 0 Å². The summed E-state index contributed by atoms with van der Waals surface area (Å²) >= 11 is 0. The second-order valence-corrected chi connectivity index (χ2v) is 8.31. The SMILES string of the molecule is CC(C(=O)NCc1cccc(S(N)(=O)=O)c1)S(C)(=O)=O. The quantitative estimate of drug-likeness (QED) is 0.748. The van der Waals surface area contributed by atoms with Crippen LogP contribution in [0.25, 0.3) is 0 Å². The Morgan fingerprint density at radius 1 is 1.30 bits per heavy atom. The van der Waals surface area contributed by atoms with Gasteiger partial charge in [0.15, 0.2) is 9.84 Å². The third-order valence-electron chi connectivity index (χ3n) is 2.71. The van der Waals surface area contributed by atoms with Crippen LogP contribution >= 0.6 is 0 Å². The van der Waals surface area contributed by atoms with E-state index >= 15 is 0 Å². The summed E-state index contributed by atoms with van der Waals surface area (Å²) < 4.78 is 44.8. The molecular weight excluding hydrogens is 304 g/mol. The first-order valence-electron chi connectivity index (χ1n) is 5.60. The largest absolute Gasteiger partial charge is 0.351 e. The highest BCUT2D eigenvalue weighted by atomic mass is 32.2. The summed E-state index contributed by atoms with van der Waals surface area (Å²) in [6, 6.07) is 5.74. The monoisotopic (exact) mass is 320 g/mol. The van der Waals surface area contributed by atoms with E-state index in [-0.39, 0.29) is 11.4 Å². The molecule has 0 fully saturated rings. The molecular formula is C11H16N2O5S2. The minimum Gasteiger partial charge on any atom is -0.351 e. The Morgan fingerprint density at radius 2 is 1.90 bits per heavy atom. The Bertz CT molecular complexity index is 710. The Labute approximate surface area is 118 Å². The molecule has 0 aliphatic rings. The summed E-state index contributed by atoms with van der Waals surface area (Å²) in [5, 5.41) is 6.26. The molecule has 0 heterocycles. The predicted octanol–water partition coefficient (Wildman–Crippen LogP) is -0.617. The molecule has 0 aliphatic carbocycles.